The molecule has 1 nitrogen and oxygen atoms in total. The molecule has 54 valence electrons. The van der Waals surface area contributed by atoms with Crippen molar-refractivity contribution >= 4 is 0 Å². The van der Waals surface area contributed by atoms with Gasteiger partial charge in [0.05, 0.1) is 7.11 Å². The van der Waals surface area contributed by atoms with Crippen molar-refractivity contribution in [2.75, 3.05) is 7.11 Å². The standard InChI is InChI=1S/C9H12O/c1-5-8(3)7-9(6-2)10-4/h1,6-7H,2-4H3. The van der Waals surface area contributed by atoms with Crippen molar-refractivity contribution < 1.29 is 4.74 Å². The Bertz CT molecular complexity index is 191. The molecule has 0 spiro atoms. The lowest BCUT2D eigenvalue weighted by Crippen LogP contribution is -1.81. The molecule has 0 unspecified atom stereocenters. The Hall–Kier alpha value is -1.16. The van der Waals surface area contributed by atoms with E-state index in [-0.39, 0.29) is 0 Å². The van der Waals surface area contributed by atoms with Crippen molar-refractivity contribution in [1.29, 1.82) is 0 Å². The first-order valence-electron chi connectivity index (χ1n) is 3.09. The third-order valence-electron chi connectivity index (χ3n) is 1.11. The van der Waals surface area contributed by atoms with Gasteiger partial charge in [-0.2, -0.15) is 0 Å². The van der Waals surface area contributed by atoms with Crippen LogP contribution in [0.15, 0.2) is 23.5 Å². The normalized spacial score (nSPS) is 12.6. The Morgan fingerprint density at radius 3 is 2.50 bits per heavy atom. The van der Waals surface area contributed by atoms with Crippen LogP contribution in [0.25, 0.3) is 0 Å². The van der Waals surface area contributed by atoms with Crippen LogP contribution < -0.4 is 0 Å². The topological polar surface area (TPSA) is 9.23 Å². The van der Waals surface area contributed by atoms with E-state index >= 15 is 0 Å². The lowest BCUT2D eigenvalue weighted by molar-refractivity contribution is 0.306. The molecule has 0 aromatic heterocycles. The van der Waals surface area contributed by atoms with Gasteiger partial charge in [-0.05, 0) is 26.0 Å². The smallest absolute Gasteiger partial charge is 0.115 e. The van der Waals surface area contributed by atoms with Gasteiger partial charge in [0, 0.05) is 5.57 Å². The van der Waals surface area contributed by atoms with E-state index in [0.29, 0.717) is 0 Å². The summed E-state index contributed by atoms with van der Waals surface area (Å²) in [5.74, 6) is 3.31. The Morgan fingerprint density at radius 1 is 1.60 bits per heavy atom. The molecule has 0 aliphatic carbocycles. The molecular formula is C9H12O. The Labute approximate surface area is 62.4 Å². The monoisotopic (exact) mass is 136 g/mol. The number of hydrogen-bond acceptors (Lipinski definition) is 1. The summed E-state index contributed by atoms with van der Waals surface area (Å²) in [6, 6.07) is 0. The van der Waals surface area contributed by atoms with Gasteiger partial charge in [-0.25, -0.2) is 0 Å². The predicted octanol–water partition coefficient (Wildman–Crippen LogP) is 2.12. The highest BCUT2D eigenvalue weighted by Gasteiger charge is 1.86. The van der Waals surface area contributed by atoms with Crippen molar-refractivity contribution in [3.8, 4) is 12.3 Å². The second-order valence-electron chi connectivity index (χ2n) is 1.87. The summed E-state index contributed by atoms with van der Waals surface area (Å²) in [4.78, 5) is 0. The number of allylic oxidation sites excluding steroid dienone is 3. The van der Waals surface area contributed by atoms with E-state index in [1.807, 2.05) is 26.0 Å². The molecular weight excluding hydrogens is 124 g/mol. The molecule has 0 rings (SSSR count). The Balaban J connectivity index is 4.26. The average molecular weight is 136 g/mol. The van der Waals surface area contributed by atoms with E-state index in [4.69, 9.17) is 11.2 Å². The quantitative estimate of drug-likeness (QED) is 0.321. The van der Waals surface area contributed by atoms with Crippen molar-refractivity contribution in [2.24, 2.45) is 0 Å². The summed E-state index contributed by atoms with van der Waals surface area (Å²) in [5.41, 5.74) is 0.870. The summed E-state index contributed by atoms with van der Waals surface area (Å²) in [6.07, 6.45) is 8.81. The molecule has 10 heavy (non-hydrogen) atoms. The fourth-order valence-corrected chi connectivity index (χ4v) is 0.515. The zero-order chi connectivity index (χ0) is 7.98. The number of rotatable bonds is 2. The second-order valence-corrected chi connectivity index (χ2v) is 1.87. The van der Waals surface area contributed by atoms with Gasteiger partial charge in [-0.3, -0.25) is 0 Å². The van der Waals surface area contributed by atoms with Crippen LogP contribution in [-0.2, 0) is 4.74 Å². The van der Waals surface area contributed by atoms with Gasteiger partial charge in [0.25, 0.3) is 0 Å². The molecule has 0 aromatic carbocycles. The molecule has 0 saturated carbocycles. The third kappa shape index (κ3) is 2.99. The molecule has 0 aromatic rings. The average Bonchev–Trinajstić information content (AvgIpc) is 1.99. The molecule has 0 aliphatic heterocycles. The molecule has 0 atom stereocenters. The highest BCUT2D eigenvalue weighted by atomic mass is 16.5. The SMILES string of the molecule is C#CC(C)=CC(=CC)OC. The maximum Gasteiger partial charge on any atom is 0.115 e. The van der Waals surface area contributed by atoms with Gasteiger partial charge in [0.1, 0.15) is 5.76 Å². The van der Waals surface area contributed by atoms with Gasteiger partial charge in [-0.15, -0.1) is 6.42 Å². The summed E-state index contributed by atoms with van der Waals surface area (Å²) < 4.78 is 4.96. The molecule has 0 amide bonds. The first-order valence-corrected chi connectivity index (χ1v) is 3.09. The summed E-state index contributed by atoms with van der Waals surface area (Å²) in [7, 11) is 1.62. The number of ether oxygens (including phenoxy) is 1. The largest absolute Gasteiger partial charge is 0.497 e. The zero-order valence-corrected chi connectivity index (χ0v) is 6.64. The van der Waals surface area contributed by atoms with Gasteiger partial charge in [0.2, 0.25) is 0 Å². The summed E-state index contributed by atoms with van der Waals surface area (Å²) in [6.45, 7) is 3.77. The lowest BCUT2D eigenvalue weighted by Gasteiger charge is -1.97. The highest BCUT2D eigenvalue weighted by Crippen LogP contribution is 2.00. The van der Waals surface area contributed by atoms with Gasteiger partial charge < -0.3 is 4.74 Å². The molecule has 0 heterocycles. The van der Waals surface area contributed by atoms with Crippen LogP contribution in [0.2, 0.25) is 0 Å². The van der Waals surface area contributed by atoms with Gasteiger partial charge in [-0.1, -0.05) is 5.92 Å². The Morgan fingerprint density at radius 2 is 2.20 bits per heavy atom. The zero-order valence-electron chi connectivity index (χ0n) is 6.64. The van der Waals surface area contributed by atoms with Crippen LogP contribution in [0.4, 0.5) is 0 Å². The van der Waals surface area contributed by atoms with Crippen LogP contribution in [0.3, 0.4) is 0 Å². The minimum Gasteiger partial charge on any atom is -0.497 e. The van der Waals surface area contributed by atoms with Crippen LogP contribution in [0.5, 0.6) is 0 Å². The second kappa shape index (κ2) is 4.69. The first-order chi connectivity index (χ1) is 4.74. The first kappa shape index (κ1) is 8.84. The van der Waals surface area contributed by atoms with Gasteiger partial charge in [0.15, 0.2) is 0 Å². The van der Waals surface area contributed by atoms with Crippen molar-refractivity contribution in [2.45, 2.75) is 13.8 Å². The van der Waals surface area contributed by atoms with Crippen molar-refractivity contribution in [3.05, 3.63) is 23.5 Å². The molecule has 0 saturated heterocycles. The molecule has 0 radical (unpaired) electrons. The van der Waals surface area contributed by atoms with Gasteiger partial charge >= 0.3 is 0 Å². The van der Waals surface area contributed by atoms with E-state index in [1.165, 1.54) is 0 Å². The fourth-order valence-electron chi connectivity index (χ4n) is 0.515. The van der Waals surface area contributed by atoms with Crippen LogP contribution in [-0.4, -0.2) is 7.11 Å². The van der Waals surface area contributed by atoms with E-state index in [0.717, 1.165) is 11.3 Å². The molecule has 1 heteroatoms. The van der Waals surface area contributed by atoms with E-state index in [9.17, 15) is 0 Å². The van der Waals surface area contributed by atoms with Crippen LogP contribution >= 0.6 is 0 Å². The molecule has 0 fully saturated rings. The van der Waals surface area contributed by atoms with E-state index < -0.39 is 0 Å². The van der Waals surface area contributed by atoms with Crippen molar-refractivity contribution in [3.63, 3.8) is 0 Å². The summed E-state index contributed by atoms with van der Waals surface area (Å²) >= 11 is 0. The van der Waals surface area contributed by atoms with E-state index in [1.54, 1.807) is 7.11 Å². The predicted molar refractivity (Wildman–Crippen MR) is 43.4 cm³/mol. The number of hydrogen-bond donors (Lipinski definition) is 0. The van der Waals surface area contributed by atoms with Crippen molar-refractivity contribution in [1.82, 2.24) is 0 Å². The highest BCUT2D eigenvalue weighted by molar-refractivity contribution is 5.29. The third-order valence-corrected chi connectivity index (χ3v) is 1.11. The Kier molecular flexibility index (Phi) is 4.15. The minimum absolute atomic E-state index is 0.801. The van der Waals surface area contributed by atoms with E-state index in [2.05, 4.69) is 5.92 Å². The molecule has 0 bridgehead atoms. The maximum absolute atomic E-state index is 5.13. The maximum atomic E-state index is 5.13. The number of methoxy groups -OCH3 is 1. The fraction of sp³-hybridized carbons (Fsp3) is 0.333. The minimum atomic E-state index is 0.801. The summed E-state index contributed by atoms with van der Waals surface area (Å²) in [5, 5.41) is 0. The lowest BCUT2D eigenvalue weighted by atomic mass is 10.2. The van der Waals surface area contributed by atoms with Crippen LogP contribution in [0, 0.1) is 12.3 Å². The number of terminal acetylenes is 1. The van der Waals surface area contributed by atoms with Crippen LogP contribution in [0.1, 0.15) is 13.8 Å². The molecule has 0 N–H and O–H groups in total. The molecule has 0 aliphatic rings.